The van der Waals surface area contributed by atoms with Crippen molar-refractivity contribution in [1.29, 1.82) is 0 Å². The van der Waals surface area contributed by atoms with E-state index in [4.69, 9.17) is 21.1 Å². The third-order valence-corrected chi connectivity index (χ3v) is 5.23. The summed E-state index contributed by atoms with van der Waals surface area (Å²) in [6.07, 6.45) is 3.65. The van der Waals surface area contributed by atoms with E-state index < -0.39 is 5.79 Å². The zero-order chi connectivity index (χ0) is 15.9. The van der Waals surface area contributed by atoms with Crippen LogP contribution in [0.3, 0.4) is 0 Å². The van der Waals surface area contributed by atoms with Crippen LogP contribution >= 0.6 is 11.6 Å². The van der Waals surface area contributed by atoms with Gasteiger partial charge in [-0.15, -0.1) is 0 Å². The number of aryl methyl sites for hydroxylation is 1. The number of nitrogens with one attached hydrogen (secondary N) is 1. The average molecular weight is 337 g/mol. The molecule has 5 nitrogen and oxygen atoms in total. The Balaban J connectivity index is 1.43. The van der Waals surface area contributed by atoms with Crippen molar-refractivity contribution in [3.63, 3.8) is 0 Å². The summed E-state index contributed by atoms with van der Waals surface area (Å²) in [5.41, 5.74) is 2.42. The first-order valence-electron chi connectivity index (χ1n) is 8.27. The van der Waals surface area contributed by atoms with Crippen molar-refractivity contribution in [1.82, 2.24) is 10.2 Å². The predicted molar refractivity (Wildman–Crippen MR) is 86.5 cm³/mol. The largest absolute Gasteiger partial charge is 0.346 e. The van der Waals surface area contributed by atoms with Crippen molar-refractivity contribution >= 4 is 17.6 Å². The van der Waals surface area contributed by atoms with E-state index in [1.165, 1.54) is 11.1 Å². The summed E-state index contributed by atoms with van der Waals surface area (Å²) >= 11 is 6.04. The van der Waals surface area contributed by atoms with Crippen molar-refractivity contribution in [3.8, 4) is 0 Å². The number of amides is 2. The number of carbonyl (C=O) groups excluding carboxylic acids is 1. The van der Waals surface area contributed by atoms with E-state index in [0.29, 0.717) is 19.8 Å². The van der Waals surface area contributed by atoms with Crippen LogP contribution in [0, 0.1) is 0 Å². The second kappa shape index (κ2) is 5.96. The quantitative estimate of drug-likeness (QED) is 0.858. The van der Waals surface area contributed by atoms with Gasteiger partial charge in [-0.3, -0.25) is 0 Å². The highest BCUT2D eigenvalue weighted by Crippen LogP contribution is 2.34. The van der Waals surface area contributed by atoms with Crippen LogP contribution in [0.2, 0.25) is 5.02 Å². The highest BCUT2D eigenvalue weighted by Gasteiger charge is 2.42. The molecule has 1 aromatic carbocycles. The van der Waals surface area contributed by atoms with Gasteiger partial charge < -0.3 is 19.7 Å². The number of ether oxygens (including phenoxy) is 2. The van der Waals surface area contributed by atoms with E-state index in [-0.39, 0.29) is 12.1 Å². The molecule has 1 aliphatic carbocycles. The molecular weight excluding hydrogens is 316 g/mol. The van der Waals surface area contributed by atoms with Crippen LogP contribution in [-0.4, -0.2) is 43.0 Å². The summed E-state index contributed by atoms with van der Waals surface area (Å²) in [5.74, 6) is -0.573. The van der Waals surface area contributed by atoms with E-state index >= 15 is 0 Å². The maximum atomic E-state index is 12.6. The Morgan fingerprint density at radius 2 is 2.17 bits per heavy atom. The summed E-state index contributed by atoms with van der Waals surface area (Å²) in [7, 11) is 0. The van der Waals surface area contributed by atoms with Gasteiger partial charge in [0.2, 0.25) is 0 Å². The number of piperidine rings is 1. The SMILES string of the molecule is O=C(N[C@H]1CCc2cc(Cl)ccc21)N1CCCC2(C1)OCCO2. The van der Waals surface area contributed by atoms with E-state index in [0.717, 1.165) is 37.3 Å². The third-order valence-electron chi connectivity index (χ3n) is 5.00. The molecule has 1 atom stereocenters. The van der Waals surface area contributed by atoms with Gasteiger partial charge in [-0.25, -0.2) is 4.79 Å². The molecular formula is C17H21ClN2O3. The van der Waals surface area contributed by atoms with Crippen molar-refractivity contribution < 1.29 is 14.3 Å². The second-order valence-electron chi connectivity index (χ2n) is 6.52. The maximum absolute atomic E-state index is 12.6. The fourth-order valence-corrected chi connectivity index (χ4v) is 4.07. The highest BCUT2D eigenvalue weighted by molar-refractivity contribution is 6.30. The standard InChI is InChI=1S/C17H21ClN2O3/c18-13-3-4-14-12(10-13)2-5-15(14)19-16(21)20-7-1-6-17(11-20)22-8-9-23-17/h3-4,10,15H,1-2,5-9,11H2,(H,19,21)/t15-/m0/s1. The van der Waals surface area contributed by atoms with Gasteiger partial charge >= 0.3 is 6.03 Å². The molecule has 3 aliphatic rings. The van der Waals surface area contributed by atoms with Crippen LogP contribution in [-0.2, 0) is 15.9 Å². The van der Waals surface area contributed by atoms with Crippen molar-refractivity contribution in [3.05, 3.63) is 34.3 Å². The molecule has 124 valence electrons. The number of benzene rings is 1. The molecule has 2 saturated heterocycles. The molecule has 0 bridgehead atoms. The highest BCUT2D eigenvalue weighted by atomic mass is 35.5. The Kier molecular flexibility index (Phi) is 3.95. The summed E-state index contributed by atoms with van der Waals surface area (Å²) in [6, 6.07) is 5.95. The molecule has 0 unspecified atom stereocenters. The topological polar surface area (TPSA) is 50.8 Å². The number of likely N-dealkylation sites (tertiary alicyclic amines) is 1. The van der Waals surface area contributed by atoms with Crippen molar-refractivity contribution in [2.24, 2.45) is 0 Å². The fourth-order valence-electron chi connectivity index (χ4n) is 3.87. The summed E-state index contributed by atoms with van der Waals surface area (Å²) in [4.78, 5) is 14.5. The van der Waals surface area contributed by atoms with Crippen molar-refractivity contribution in [2.45, 2.75) is 37.5 Å². The van der Waals surface area contributed by atoms with Gasteiger partial charge in [0.15, 0.2) is 5.79 Å². The molecule has 4 rings (SSSR count). The van der Waals surface area contributed by atoms with Gasteiger partial charge in [-0.05, 0) is 42.5 Å². The number of urea groups is 1. The molecule has 2 heterocycles. The van der Waals surface area contributed by atoms with E-state index in [1.54, 1.807) is 0 Å². The zero-order valence-corrected chi connectivity index (χ0v) is 13.8. The fraction of sp³-hybridized carbons (Fsp3) is 0.588. The first-order valence-corrected chi connectivity index (χ1v) is 8.65. The van der Waals surface area contributed by atoms with Gasteiger partial charge in [0.1, 0.15) is 0 Å². The van der Waals surface area contributed by atoms with Gasteiger partial charge in [0.25, 0.3) is 0 Å². The molecule has 2 fully saturated rings. The molecule has 0 radical (unpaired) electrons. The smallest absolute Gasteiger partial charge is 0.318 e. The molecule has 6 heteroatoms. The molecule has 1 N–H and O–H groups in total. The Morgan fingerprint density at radius 3 is 3.00 bits per heavy atom. The van der Waals surface area contributed by atoms with Crippen LogP contribution < -0.4 is 5.32 Å². The molecule has 2 amide bonds. The molecule has 0 aromatic heterocycles. The van der Waals surface area contributed by atoms with Gasteiger partial charge in [0, 0.05) is 18.0 Å². The molecule has 0 saturated carbocycles. The van der Waals surface area contributed by atoms with Crippen molar-refractivity contribution in [2.75, 3.05) is 26.3 Å². The minimum absolute atomic E-state index is 0.0315. The molecule has 1 aromatic rings. The number of fused-ring (bicyclic) bond motifs is 1. The number of carbonyl (C=O) groups is 1. The lowest BCUT2D eigenvalue weighted by molar-refractivity contribution is -0.182. The normalized spacial score (nSPS) is 25.6. The average Bonchev–Trinajstić information content (AvgIpc) is 3.15. The third kappa shape index (κ3) is 2.93. The van der Waals surface area contributed by atoms with Gasteiger partial charge in [0.05, 0.1) is 25.8 Å². The lowest BCUT2D eigenvalue weighted by Gasteiger charge is -2.38. The predicted octanol–water partition coefficient (Wildman–Crippen LogP) is 2.88. The van der Waals surface area contributed by atoms with E-state index in [9.17, 15) is 4.79 Å². The first kappa shape index (κ1) is 15.2. The lowest BCUT2D eigenvalue weighted by Crippen LogP contribution is -2.54. The Labute approximate surface area is 140 Å². The number of nitrogens with zero attached hydrogens (tertiary/aromatic N) is 1. The Hall–Kier alpha value is -1.30. The minimum Gasteiger partial charge on any atom is -0.346 e. The first-order chi connectivity index (χ1) is 11.2. The second-order valence-corrected chi connectivity index (χ2v) is 6.95. The Morgan fingerprint density at radius 1 is 1.35 bits per heavy atom. The maximum Gasteiger partial charge on any atom is 0.318 e. The van der Waals surface area contributed by atoms with Gasteiger partial charge in [-0.2, -0.15) is 0 Å². The van der Waals surface area contributed by atoms with Crippen LogP contribution in [0.25, 0.3) is 0 Å². The van der Waals surface area contributed by atoms with Crippen LogP contribution in [0.1, 0.15) is 36.4 Å². The van der Waals surface area contributed by atoms with Gasteiger partial charge in [-0.1, -0.05) is 17.7 Å². The number of rotatable bonds is 1. The van der Waals surface area contributed by atoms with E-state index in [2.05, 4.69) is 5.32 Å². The van der Waals surface area contributed by atoms with Crippen LogP contribution in [0.5, 0.6) is 0 Å². The summed E-state index contributed by atoms with van der Waals surface area (Å²) in [5, 5.41) is 3.92. The Bertz CT molecular complexity index is 616. The molecule has 23 heavy (non-hydrogen) atoms. The van der Waals surface area contributed by atoms with Crippen LogP contribution in [0.4, 0.5) is 4.79 Å². The van der Waals surface area contributed by atoms with E-state index in [1.807, 2.05) is 23.1 Å². The number of hydrogen-bond donors (Lipinski definition) is 1. The summed E-state index contributed by atoms with van der Waals surface area (Å²) < 4.78 is 11.5. The van der Waals surface area contributed by atoms with Crippen LogP contribution in [0.15, 0.2) is 18.2 Å². The monoisotopic (exact) mass is 336 g/mol. The minimum atomic E-state index is -0.573. The summed E-state index contributed by atoms with van der Waals surface area (Å²) in [6.45, 7) is 2.50. The molecule has 2 aliphatic heterocycles. The number of hydrogen-bond acceptors (Lipinski definition) is 3. The lowest BCUT2D eigenvalue weighted by atomic mass is 10.0. The molecule has 1 spiro atoms. The number of halogens is 1. The zero-order valence-electron chi connectivity index (χ0n) is 13.0.